The number of carbonyl (C=O) groups excluding carboxylic acids is 1. The Kier molecular flexibility index (Phi) is 3.60. The van der Waals surface area contributed by atoms with Gasteiger partial charge in [-0.2, -0.15) is 0 Å². The summed E-state index contributed by atoms with van der Waals surface area (Å²) in [5.41, 5.74) is 1.63. The summed E-state index contributed by atoms with van der Waals surface area (Å²) < 4.78 is 27.3. The van der Waals surface area contributed by atoms with Crippen molar-refractivity contribution in [1.29, 1.82) is 0 Å². The second-order valence-electron chi connectivity index (χ2n) is 4.31. The fourth-order valence-corrected chi connectivity index (χ4v) is 2.21. The van der Waals surface area contributed by atoms with Gasteiger partial charge < -0.3 is 9.84 Å². The first-order valence-corrected chi connectivity index (χ1v) is 7.20. The minimum atomic E-state index is -3.76. The number of nitrogens with two attached hydrogens (primary N) is 1. The number of benzene rings is 1. The number of amides is 1. The van der Waals surface area contributed by atoms with Crippen LogP contribution in [0, 0.1) is 13.8 Å². The molecule has 0 radical (unpaired) electrons. The molecule has 0 saturated heterocycles. The van der Waals surface area contributed by atoms with Gasteiger partial charge in [0, 0.05) is 11.8 Å². The Balaban J connectivity index is 2.25. The zero-order chi connectivity index (χ0) is 14.9. The van der Waals surface area contributed by atoms with Crippen LogP contribution in [0.2, 0.25) is 0 Å². The SMILES string of the molecule is Cc1cc(C(=O)Nc2ccc(S(N)(=O)=O)cc2C)on1. The Morgan fingerprint density at radius 2 is 2.00 bits per heavy atom. The molecule has 106 valence electrons. The van der Waals surface area contributed by atoms with Gasteiger partial charge in [-0.25, -0.2) is 13.6 Å². The highest BCUT2D eigenvalue weighted by Crippen LogP contribution is 2.19. The van der Waals surface area contributed by atoms with Crippen molar-refractivity contribution in [1.82, 2.24) is 5.16 Å². The van der Waals surface area contributed by atoms with Crippen LogP contribution < -0.4 is 10.5 Å². The first-order chi connectivity index (χ1) is 9.27. The number of carbonyl (C=O) groups is 1. The van der Waals surface area contributed by atoms with Gasteiger partial charge in [-0.15, -0.1) is 0 Å². The minimum absolute atomic E-state index is 0.0106. The molecule has 1 heterocycles. The Bertz CT molecular complexity index is 765. The van der Waals surface area contributed by atoms with Crippen molar-refractivity contribution in [2.75, 3.05) is 5.32 Å². The fourth-order valence-electron chi connectivity index (χ4n) is 1.61. The standard InChI is InChI=1S/C12H13N3O4S/c1-7-5-9(20(13,17)18)3-4-10(7)14-12(16)11-6-8(2)15-19-11/h3-6H,1-2H3,(H,14,16)(H2,13,17,18). The van der Waals surface area contributed by atoms with Crippen LogP contribution in [-0.2, 0) is 10.0 Å². The fraction of sp³-hybridized carbons (Fsp3) is 0.167. The molecule has 1 aromatic heterocycles. The monoisotopic (exact) mass is 295 g/mol. The number of rotatable bonds is 3. The Morgan fingerprint density at radius 3 is 2.50 bits per heavy atom. The minimum Gasteiger partial charge on any atom is -0.351 e. The van der Waals surface area contributed by atoms with Crippen molar-refractivity contribution in [2.24, 2.45) is 5.14 Å². The van der Waals surface area contributed by atoms with Gasteiger partial charge >= 0.3 is 0 Å². The number of aryl methyl sites for hydroxylation is 2. The Labute approximate surface area is 115 Å². The smallest absolute Gasteiger partial charge is 0.294 e. The number of hydrogen-bond donors (Lipinski definition) is 2. The number of aromatic nitrogens is 1. The molecule has 0 fully saturated rings. The molecule has 0 bridgehead atoms. The Hall–Kier alpha value is -2.19. The third kappa shape index (κ3) is 3.03. The van der Waals surface area contributed by atoms with Gasteiger partial charge in [0.15, 0.2) is 0 Å². The van der Waals surface area contributed by atoms with Crippen LogP contribution in [0.4, 0.5) is 5.69 Å². The molecule has 1 aromatic carbocycles. The summed E-state index contributed by atoms with van der Waals surface area (Å²) in [4.78, 5) is 11.9. The van der Waals surface area contributed by atoms with Crippen LogP contribution in [-0.4, -0.2) is 19.5 Å². The van der Waals surface area contributed by atoms with E-state index in [9.17, 15) is 13.2 Å². The first kappa shape index (κ1) is 14.2. The summed E-state index contributed by atoms with van der Waals surface area (Å²) in [7, 11) is -3.76. The molecule has 0 aliphatic heterocycles. The van der Waals surface area contributed by atoms with Crippen LogP contribution in [0.5, 0.6) is 0 Å². The number of hydrogen-bond acceptors (Lipinski definition) is 5. The van der Waals surface area contributed by atoms with Crippen LogP contribution >= 0.6 is 0 Å². The number of nitrogens with one attached hydrogen (secondary N) is 1. The van der Waals surface area contributed by atoms with E-state index >= 15 is 0 Å². The van der Waals surface area contributed by atoms with E-state index in [1.165, 1.54) is 24.3 Å². The zero-order valence-electron chi connectivity index (χ0n) is 10.9. The van der Waals surface area contributed by atoms with Gasteiger partial charge in [-0.3, -0.25) is 4.79 Å². The third-order valence-electron chi connectivity index (χ3n) is 2.63. The zero-order valence-corrected chi connectivity index (χ0v) is 11.7. The highest BCUT2D eigenvalue weighted by Gasteiger charge is 2.14. The molecule has 7 nitrogen and oxygen atoms in total. The van der Waals surface area contributed by atoms with Crippen molar-refractivity contribution < 1.29 is 17.7 Å². The molecule has 2 aromatic rings. The molecular formula is C12H13N3O4S. The van der Waals surface area contributed by atoms with E-state index in [0.29, 0.717) is 16.9 Å². The van der Waals surface area contributed by atoms with E-state index < -0.39 is 15.9 Å². The van der Waals surface area contributed by atoms with Crippen molar-refractivity contribution in [3.8, 4) is 0 Å². The van der Waals surface area contributed by atoms with Gasteiger partial charge in [0.2, 0.25) is 15.8 Å². The number of primary sulfonamides is 1. The maximum atomic E-state index is 11.9. The van der Waals surface area contributed by atoms with Crippen LogP contribution in [0.15, 0.2) is 33.7 Å². The van der Waals surface area contributed by atoms with Gasteiger partial charge in [-0.1, -0.05) is 5.16 Å². The van der Waals surface area contributed by atoms with Gasteiger partial charge in [-0.05, 0) is 37.6 Å². The molecule has 1 amide bonds. The number of sulfonamides is 1. The second kappa shape index (κ2) is 5.06. The lowest BCUT2D eigenvalue weighted by molar-refractivity contribution is 0.0988. The van der Waals surface area contributed by atoms with E-state index in [1.807, 2.05) is 0 Å². The maximum Gasteiger partial charge on any atom is 0.294 e. The van der Waals surface area contributed by atoms with E-state index in [2.05, 4.69) is 10.5 Å². The van der Waals surface area contributed by atoms with Crippen LogP contribution in [0.25, 0.3) is 0 Å². The van der Waals surface area contributed by atoms with Crippen molar-refractivity contribution in [2.45, 2.75) is 18.7 Å². The molecule has 0 aliphatic carbocycles. The van der Waals surface area contributed by atoms with E-state index in [0.717, 1.165) is 0 Å². The summed E-state index contributed by atoms with van der Waals surface area (Å²) >= 11 is 0. The summed E-state index contributed by atoms with van der Waals surface area (Å²) in [6, 6.07) is 5.68. The largest absolute Gasteiger partial charge is 0.351 e. The molecule has 0 atom stereocenters. The molecule has 0 unspecified atom stereocenters. The first-order valence-electron chi connectivity index (χ1n) is 5.65. The molecule has 0 aliphatic rings. The predicted octanol–water partition coefficient (Wildman–Crippen LogP) is 1.19. The van der Waals surface area contributed by atoms with Crippen molar-refractivity contribution in [3.05, 3.63) is 41.3 Å². The molecular weight excluding hydrogens is 282 g/mol. The quantitative estimate of drug-likeness (QED) is 0.882. The van der Waals surface area contributed by atoms with E-state index in [4.69, 9.17) is 9.66 Å². The van der Waals surface area contributed by atoms with Crippen LogP contribution in [0.1, 0.15) is 21.8 Å². The number of anilines is 1. The normalized spacial score (nSPS) is 11.3. The van der Waals surface area contributed by atoms with Crippen LogP contribution in [0.3, 0.4) is 0 Å². The summed E-state index contributed by atoms with van der Waals surface area (Å²) in [6.45, 7) is 3.36. The predicted molar refractivity (Wildman–Crippen MR) is 71.7 cm³/mol. The molecule has 8 heteroatoms. The maximum absolute atomic E-state index is 11.9. The Morgan fingerprint density at radius 1 is 1.30 bits per heavy atom. The van der Waals surface area contributed by atoms with Crippen molar-refractivity contribution in [3.63, 3.8) is 0 Å². The average Bonchev–Trinajstić information content (AvgIpc) is 2.77. The highest BCUT2D eigenvalue weighted by atomic mass is 32.2. The lowest BCUT2D eigenvalue weighted by Crippen LogP contribution is -2.14. The average molecular weight is 295 g/mol. The number of nitrogens with zero attached hydrogens (tertiary/aromatic N) is 1. The van der Waals surface area contributed by atoms with Crippen molar-refractivity contribution >= 4 is 21.6 Å². The lowest BCUT2D eigenvalue weighted by atomic mass is 10.2. The summed E-state index contributed by atoms with van der Waals surface area (Å²) in [5, 5.41) is 11.3. The molecule has 2 rings (SSSR count). The lowest BCUT2D eigenvalue weighted by Gasteiger charge is -2.08. The molecule has 0 spiro atoms. The highest BCUT2D eigenvalue weighted by molar-refractivity contribution is 7.89. The molecule has 3 N–H and O–H groups in total. The second-order valence-corrected chi connectivity index (χ2v) is 5.87. The summed E-state index contributed by atoms with van der Waals surface area (Å²) in [6.07, 6.45) is 0. The topological polar surface area (TPSA) is 115 Å². The van der Waals surface area contributed by atoms with Gasteiger partial charge in [0.25, 0.3) is 5.91 Å². The van der Waals surface area contributed by atoms with Gasteiger partial charge in [0.05, 0.1) is 10.6 Å². The van der Waals surface area contributed by atoms with Gasteiger partial charge in [0.1, 0.15) is 0 Å². The molecule has 20 heavy (non-hydrogen) atoms. The molecule has 0 saturated carbocycles. The van der Waals surface area contributed by atoms with E-state index in [1.54, 1.807) is 13.8 Å². The van der Waals surface area contributed by atoms with E-state index in [-0.39, 0.29) is 10.7 Å². The summed E-state index contributed by atoms with van der Waals surface area (Å²) in [5.74, 6) is -0.380. The third-order valence-corrected chi connectivity index (χ3v) is 3.54.